The first-order chi connectivity index (χ1) is 18.6. The second-order valence-corrected chi connectivity index (χ2v) is 18.4. The molecular formula is C31H38ClNO5SSi. The van der Waals surface area contributed by atoms with Crippen LogP contribution in [-0.4, -0.2) is 34.5 Å². The maximum absolute atomic E-state index is 12.4. The van der Waals surface area contributed by atoms with Gasteiger partial charge in [-0.2, -0.15) is 0 Å². The van der Waals surface area contributed by atoms with Gasteiger partial charge in [0.05, 0.1) is 6.04 Å². The lowest BCUT2D eigenvalue weighted by atomic mass is 10.1. The Morgan fingerprint density at radius 1 is 0.875 bits per heavy atom. The van der Waals surface area contributed by atoms with Gasteiger partial charge in [-0.1, -0.05) is 93.6 Å². The highest BCUT2D eigenvalue weighted by Crippen LogP contribution is 2.37. The Hall–Kier alpha value is -3.07. The largest absolute Gasteiger partial charge is 0.534 e. The van der Waals surface area contributed by atoms with E-state index in [9.17, 15) is 13.2 Å². The molecule has 0 aliphatic heterocycles. The monoisotopic (exact) mass is 599 g/mol. The molecule has 1 amide bonds. The lowest BCUT2D eigenvalue weighted by Crippen LogP contribution is -2.68. The summed E-state index contributed by atoms with van der Waals surface area (Å²) >= 11 is 0. The molecule has 0 heterocycles. The van der Waals surface area contributed by atoms with Crippen LogP contribution < -0.4 is 20.1 Å². The van der Waals surface area contributed by atoms with Gasteiger partial charge in [-0.25, -0.2) is 13.2 Å². The van der Waals surface area contributed by atoms with Crippen molar-refractivity contribution < 1.29 is 22.4 Å². The van der Waals surface area contributed by atoms with Crippen LogP contribution in [0.4, 0.5) is 4.79 Å². The average molecular weight is 600 g/mol. The van der Waals surface area contributed by atoms with E-state index >= 15 is 0 Å². The van der Waals surface area contributed by atoms with E-state index in [0.717, 1.165) is 16.7 Å². The number of carbonyl (C=O) groups is 1. The SMILES string of the molecule is CC(C)(C)OC(=O)NC(/C=C/S(=O)(=O)Cl)Cc1ccc(O[Si](c2ccccc2)(c2ccccc2)C(C)(C)C)cc1. The smallest absolute Gasteiger partial charge is 0.408 e. The summed E-state index contributed by atoms with van der Waals surface area (Å²) in [4.78, 5) is 12.4. The fourth-order valence-electron chi connectivity index (χ4n) is 4.59. The van der Waals surface area contributed by atoms with Crippen LogP contribution in [0.3, 0.4) is 0 Å². The van der Waals surface area contributed by atoms with E-state index in [2.05, 4.69) is 50.4 Å². The van der Waals surface area contributed by atoms with Crippen molar-refractivity contribution in [2.75, 3.05) is 0 Å². The van der Waals surface area contributed by atoms with Gasteiger partial charge in [0.15, 0.2) is 0 Å². The Bertz CT molecular complexity index is 1360. The normalized spacial score (nSPS) is 13.6. The number of ether oxygens (including phenoxy) is 1. The van der Waals surface area contributed by atoms with Crippen LogP contribution in [0.2, 0.25) is 5.04 Å². The number of hydrogen-bond acceptors (Lipinski definition) is 5. The Kier molecular flexibility index (Phi) is 9.93. The Morgan fingerprint density at radius 3 is 1.80 bits per heavy atom. The van der Waals surface area contributed by atoms with E-state index in [1.807, 2.05) is 60.7 Å². The van der Waals surface area contributed by atoms with Crippen molar-refractivity contribution in [3.05, 3.63) is 102 Å². The first-order valence-electron chi connectivity index (χ1n) is 13.1. The molecule has 40 heavy (non-hydrogen) atoms. The molecule has 6 nitrogen and oxygen atoms in total. The summed E-state index contributed by atoms with van der Waals surface area (Å²) in [7, 11) is -1.30. The number of rotatable bonds is 9. The third-order valence-electron chi connectivity index (χ3n) is 6.24. The molecule has 9 heteroatoms. The number of nitrogens with one attached hydrogen (secondary N) is 1. The summed E-state index contributed by atoms with van der Waals surface area (Å²) in [6, 6.07) is 27.8. The summed E-state index contributed by atoms with van der Waals surface area (Å²) in [6.45, 7) is 11.9. The van der Waals surface area contributed by atoms with Crippen molar-refractivity contribution in [2.45, 2.75) is 64.6 Å². The molecule has 0 saturated carbocycles. The summed E-state index contributed by atoms with van der Waals surface area (Å²) in [5.41, 5.74) is 0.170. The molecule has 3 aromatic carbocycles. The van der Waals surface area contributed by atoms with Crippen LogP contribution in [-0.2, 0) is 20.2 Å². The number of hydrogen-bond donors (Lipinski definition) is 1. The molecule has 214 valence electrons. The third kappa shape index (κ3) is 8.71. The maximum Gasteiger partial charge on any atom is 0.408 e. The van der Waals surface area contributed by atoms with E-state index in [1.54, 1.807) is 20.8 Å². The number of halogens is 1. The molecule has 0 aromatic heterocycles. The van der Waals surface area contributed by atoms with Gasteiger partial charge in [0.1, 0.15) is 11.4 Å². The fraction of sp³-hybridized carbons (Fsp3) is 0.323. The molecule has 1 unspecified atom stereocenters. The Balaban J connectivity index is 1.93. The highest BCUT2D eigenvalue weighted by Gasteiger charge is 2.52. The molecule has 0 fully saturated rings. The summed E-state index contributed by atoms with van der Waals surface area (Å²) in [5.74, 6) is 0.730. The van der Waals surface area contributed by atoms with Crippen molar-refractivity contribution in [1.29, 1.82) is 0 Å². The fourth-order valence-corrected chi connectivity index (χ4v) is 9.56. The van der Waals surface area contributed by atoms with Gasteiger partial charge < -0.3 is 14.5 Å². The van der Waals surface area contributed by atoms with Crippen molar-refractivity contribution in [3.8, 4) is 5.75 Å². The molecule has 3 aromatic rings. The lowest BCUT2D eigenvalue weighted by molar-refractivity contribution is 0.0514. The number of carbonyl (C=O) groups excluding carboxylic acids is 1. The summed E-state index contributed by atoms with van der Waals surface area (Å²) in [5, 5.41) is 5.75. The van der Waals surface area contributed by atoms with Gasteiger partial charge in [0.25, 0.3) is 9.05 Å². The van der Waals surface area contributed by atoms with Gasteiger partial charge in [-0.15, -0.1) is 0 Å². The second-order valence-electron chi connectivity index (χ2n) is 11.7. The van der Waals surface area contributed by atoms with Crippen LogP contribution >= 0.6 is 10.7 Å². The summed E-state index contributed by atoms with van der Waals surface area (Å²) < 4.78 is 35.4. The van der Waals surface area contributed by atoms with Crippen molar-refractivity contribution in [1.82, 2.24) is 5.32 Å². The predicted octanol–water partition coefficient (Wildman–Crippen LogP) is 6.14. The topological polar surface area (TPSA) is 81.7 Å². The van der Waals surface area contributed by atoms with Gasteiger partial charge in [-0.3, -0.25) is 0 Å². The first-order valence-corrected chi connectivity index (χ1v) is 17.4. The minimum absolute atomic E-state index is 0.186. The molecule has 0 bridgehead atoms. The Labute approximate surface area is 243 Å². The Morgan fingerprint density at radius 2 is 1.38 bits per heavy atom. The molecule has 3 rings (SSSR count). The number of benzene rings is 3. The predicted molar refractivity (Wildman–Crippen MR) is 165 cm³/mol. The van der Waals surface area contributed by atoms with Gasteiger partial charge in [0.2, 0.25) is 0 Å². The molecule has 0 aliphatic rings. The molecule has 1 N–H and O–H groups in total. The van der Waals surface area contributed by atoms with Crippen molar-refractivity contribution >= 4 is 44.5 Å². The summed E-state index contributed by atoms with van der Waals surface area (Å²) in [6.07, 6.45) is 1.02. The van der Waals surface area contributed by atoms with Crippen LogP contribution in [0.1, 0.15) is 47.1 Å². The van der Waals surface area contributed by atoms with Gasteiger partial charge in [0, 0.05) is 16.1 Å². The van der Waals surface area contributed by atoms with Crippen LogP contribution in [0, 0.1) is 0 Å². The zero-order chi connectivity index (χ0) is 29.6. The number of amides is 1. The molecule has 0 aliphatic carbocycles. The van der Waals surface area contributed by atoms with E-state index in [0.29, 0.717) is 6.42 Å². The van der Waals surface area contributed by atoms with Crippen molar-refractivity contribution in [3.63, 3.8) is 0 Å². The average Bonchev–Trinajstić information content (AvgIpc) is 2.85. The third-order valence-corrected chi connectivity index (χ3v) is 12.0. The molecule has 0 radical (unpaired) electrons. The highest BCUT2D eigenvalue weighted by atomic mass is 35.7. The number of alkyl carbamates (subject to hydrolysis) is 1. The van der Waals surface area contributed by atoms with E-state index in [-0.39, 0.29) is 5.04 Å². The van der Waals surface area contributed by atoms with E-state index in [4.69, 9.17) is 19.8 Å². The maximum atomic E-state index is 12.4. The van der Waals surface area contributed by atoms with E-state index in [1.165, 1.54) is 16.4 Å². The molecule has 0 spiro atoms. The zero-order valence-corrected chi connectivity index (χ0v) is 26.4. The van der Waals surface area contributed by atoms with Gasteiger partial charge in [-0.05, 0) is 66.4 Å². The molecule has 0 saturated heterocycles. The van der Waals surface area contributed by atoms with Crippen molar-refractivity contribution in [2.24, 2.45) is 0 Å². The lowest BCUT2D eigenvalue weighted by Gasteiger charge is -2.43. The van der Waals surface area contributed by atoms with Crippen LogP contribution in [0.5, 0.6) is 5.75 Å². The standard InChI is InChI=1S/C31H38ClNO5SSi/c1-30(2,3)37-29(34)33-25(21-22-39(32,35)36)23-24-17-19-26(20-18-24)38-40(31(4,5)6,27-13-9-7-10-14-27)28-15-11-8-12-16-28/h7-22,25H,23H2,1-6H3,(H,33,34)/b22-21+. The van der Waals surface area contributed by atoms with Crippen LogP contribution in [0.15, 0.2) is 96.4 Å². The molecular weight excluding hydrogens is 562 g/mol. The quantitative estimate of drug-likeness (QED) is 0.236. The highest BCUT2D eigenvalue weighted by molar-refractivity contribution is 8.16. The minimum atomic E-state index is -3.89. The van der Waals surface area contributed by atoms with Crippen LogP contribution in [0.25, 0.3) is 0 Å². The van der Waals surface area contributed by atoms with Gasteiger partial charge >= 0.3 is 14.4 Å². The first kappa shape index (κ1) is 31.5. The van der Waals surface area contributed by atoms with E-state index < -0.39 is 35.1 Å². The zero-order valence-electron chi connectivity index (χ0n) is 23.8. The minimum Gasteiger partial charge on any atom is -0.534 e. The molecule has 1 atom stereocenters. The second kappa shape index (κ2) is 12.6.